The molecule has 1 aliphatic heterocycles. The molecule has 5 rings (SSSR count). The average molecular weight is 468 g/mol. The fraction of sp³-hybridized carbons (Fsp3) is 0. The summed E-state index contributed by atoms with van der Waals surface area (Å²) in [5, 5.41) is 0.513. The number of rotatable bonds is 4. The molecule has 0 fully saturated rings. The second-order valence-corrected chi connectivity index (χ2v) is 7.90. The van der Waals surface area contributed by atoms with Crippen molar-refractivity contribution in [2.45, 2.75) is 0 Å². The summed E-state index contributed by atoms with van der Waals surface area (Å²) < 4.78 is 11.5. The molecule has 4 aromatic rings. The lowest BCUT2D eigenvalue weighted by atomic mass is 10.1. The standard InChI is InChI=1S/C28H18ClNO4/c29-24-14-8-7-9-19(24)17-26-27(31)23-16-15-22(18-25(23)34-26)33-28(32)30(20-10-3-1-4-11-20)21-12-5-2-6-13-21/h1-18H/b26-17-. The normalized spacial score (nSPS) is 13.3. The van der Waals surface area contributed by atoms with Gasteiger partial charge in [-0.15, -0.1) is 0 Å². The van der Waals surface area contributed by atoms with E-state index in [1.165, 1.54) is 11.0 Å². The van der Waals surface area contributed by atoms with Crippen molar-refractivity contribution in [1.29, 1.82) is 0 Å². The van der Waals surface area contributed by atoms with Gasteiger partial charge in [0.25, 0.3) is 0 Å². The summed E-state index contributed by atoms with van der Waals surface area (Å²) in [7, 11) is 0. The first-order chi connectivity index (χ1) is 16.6. The fourth-order valence-electron chi connectivity index (χ4n) is 3.62. The average Bonchev–Trinajstić information content (AvgIpc) is 3.16. The summed E-state index contributed by atoms with van der Waals surface area (Å²) in [5.74, 6) is 0.469. The van der Waals surface area contributed by atoms with Crippen LogP contribution >= 0.6 is 11.6 Å². The molecular formula is C28H18ClNO4. The van der Waals surface area contributed by atoms with Gasteiger partial charge >= 0.3 is 6.09 Å². The van der Waals surface area contributed by atoms with Gasteiger partial charge in [0, 0.05) is 11.1 Å². The third-order valence-electron chi connectivity index (χ3n) is 5.25. The Morgan fingerprint density at radius 3 is 2.09 bits per heavy atom. The molecule has 6 heteroatoms. The second-order valence-electron chi connectivity index (χ2n) is 7.49. The molecule has 0 saturated carbocycles. The number of ketones is 1. The minimum atomic E-state index is -0.589. The first-order valence-electron chi connectivity index (χ1n) is 10.5. The highest BCUT2D eigenvalue weighted by molar-refractivity contribution is 6.32. The maximum atomic E-state index is 13.2. The van der Waals surface area contributed by atoms with E-state index in [4.69, 9.17) is 21.1 Å². The number of fused-ring (bicyclic) bond motifs is 1. The quantitative estimate of drug-likeness (QED) is 0.295. The van der Waals surface area contributed by atoms with Crippen LogP contribution in [-0.4, -0.2) is 11.9 Å². The predicted octanol–water partition coefficient (Wildman–Crippen LogP) is 7.29. The number of carbonyl (C=O) groups is 2. The highest BCUT2D eigenvalue weighted by Crippen LogP contribution is 2.36. The maximum absolute atomic E-state index is 13.2. The lowest BCUT2D eigenvalue weighted by Crippen LogP contribution is -2.29. The van der Waals surface area contributed by atoms with Crippen molar-refractivity contribution in [2.24, 2.45) is 0 Å². The van der Waals surface area contributed by atoms with Gasteiger partial charge in [0.2, 0.25) is 5.78 Å². The fourth-order valence-corrected chi connectivity index (χ4v) is 3.81. The van der Waals surface area contributed by atoms with Gasteiger partial charge in [-0.1, -0.05) is 66.2 Å². The Morgan fingerprint density at radius 1 is 0.824 bits per heavy atom. The Hall–Kier alpha value is -4.35. The van der Waals surface area contributed by atoms with Crippen LogP contribution in [0.5, 0.6) is 11.5 Å². The van der Waals surface area contributed by atoms with E-state index in [0.29, 0.717) is 33.3 Å². The number of amides is 1. The van der Waals surface area contributed by atoms with Crippen LogP contribution in [0.15, 0.2) is 109 Å². The van der Waals surface area contributed by atoms with E-state index in [-0.39, 0.29) is 17.3 Å². The number of hydrogen-bond acceptors (Lipinski definition) is 4. The summed E-state index contributed by atoms with van der Waals surface area (Å²) >= 11 is 6.20. The monoisotopic (exact) mass is 467 g/mol. The third kappa shape index (κ3) is 4.29. The smallest absolute Gasteiger partial charge is 0.424 e. The van der Waals surface area contributed by atoms with Crippen molar-refractivity contribution in [2.75, 3.05) is 4.90 Å². The molecule has 5 nitrogen and oxygen atoms in total. The summed E-state index contributed by atoms with van der Waals surface area (Å²) in [6.45, 7) is 0. The Morgan fingerprint density at radius 2 is 1.44 bits per heavy atom. The molecule has 0 N–H and O–H groups in total. The number of halogens is 1. The first-order valence-corrected chi connectivity index (χ1v) is 10.9. The van der Waals surface area contributed by atoms with Crippen molar-refractivity contribution in [1.82, 2.24) is 0 Å². The topological polar surface area (TPSA) is 55.8 Å². The molecule has 0 atom stereocenters. The van der Waals surface area contributed by atoms with E-state index in [2.05, 4.69) is 0 Å². The SMILES string of the molecule is O=C1/C(=C/c2ccccc2Cl)Oc2cc(OC(=O)N(c3ccccc3)c3ccccc3)ccc21. The molecule has 0 bridgehead atoms. The highest BCUT2D eigenvalue weighted by Gasteiger charge is 2.29. The summed E-state index contributed by atoms with van der Waals surface area (Å²) in [4.78, 5) is 27.4. The molecule has 0 aliphatic carbocycles. The van der Waals surface area contributed by atoms with Crippen molar-refractivity contribution in [3.05, 3.63) is 125 Å². The molecule has 0 unspecified atom stereocenters. The van der Waals surface area contributed by atoms with Gasteiger partial charge in [0.1, 0.15) is 11.5 Å². The van der Waals surface area contributed by atoms with E-state index < -0.39 is 6.09 Å². The molecule has 1 amide bonds. The minimum absolute atomic E-state index is 0.154. The first kappa shape index (κ1) is 21.5. The van der Waals surface area contributed by atoms with Gasteiger partial charge in [-0.05, 0) is 54.1 Å². The zero-order chi connectivity index (χ0) is 23.5. The molecular weight excluding hydrogens is 450 g/mol. The van der Waals surface area contributed by atoms with Crippen LogP contribution in [0.4, 0.5) is 16.2 Å². The number of ether oxygens (including phenoxy) is 2. The largest absolute Gasteiger partial charge is 0.452 e. The van der Waals surface area contributed by atoms with Gasteiger partial charge in [-0.2, -0.15) is 0 Å². The molecule has 0 saturated heterocycles. The van der Waals surface area contributed by atoms with E-state index in [1.54, 1.807) is 30.3 Å². The Bertz CT molecular complexity index is 1360. The number of anilines is 2. The Balaban J connectivity index is 1.41. The molecule has 1 aliphatic rings. The lowest BCUT2D eigenvalue weighted by Gasteiger charge is -2.22. The molecule has 0 spiro atoms. The number of hydrogen-bond donors (Lipinski definition) is 0. The number of Topliss-reactive ketones (excluding diaryl/α,β-unsaturated/α-hetero) is 1. The molecule has 34 heavy (non-hydrogen) atoms. The van der Waals surface area contributed by atoms with Gasteiger partial charge in [-0.3, -0.25) is 4.79 Å². The maximum Gasteiger partial charge on any atom is 0.424 e. The Labute approximate surface area is 201 Å². The number of carbonyl (C=O) groups excluding carboxylic acids is 2. The summed E-state index contributed by atoms with van der Waals surface area (Å²) in [6, 6.07) is 30.3. The van der Waals surface area contributed by atoms with Crippen LogP contribution in [0.1, 0.15) is 15.9 Å². The van der Waals surface area contributed by atoms with Gasteiger partial charge in [0.05, 0.1) is 16.9 Å². The van der Waals surface area contributed by atoms with E-state index >= 15 is 0 Å². The van der Waals surface area contributed by atoms with Gasteiger partial charge < -0.3 is 9.47 Å². The zero-order valence-electron chi connectivity index (χ0n) is 17.9. The van der Waals surface area contributed by atoms with Crippen LogP contribution in [0.3, 0.4) is 0 Å². The van der Waals surface area contributed by atoms with Crippen molar-refractivity contribution in [3.63, 3.8) is 0 Å². The molecule has 166 valence electrons. The van der Waals surface area contributed by atoms with Crippen molar-refractivity contribution >= 4 is 40.9 Å². The lowest BCUT2D eigenvalue weighted by molar-refractivity contribution is 0.101. The van der Waals surface area contributed by atoms with E-state index in [9.17, 15) is 9.59 Å². The van der Waals surface area contributed by atoms with Crippen LogP contribution in [0, 0.1) is 0 Å². The van der Waals surface area contributed by atoms with Gasteiger partial charge in [-0.25, -0.2) is 9.69 Å². The van der Waals surface area contributed by atoms with Crippen LogP contribution in [0.2, 0.25) is 5.02 Å². The molecule has 4 aromatic carbocycles. The summed E-state index contributed by atoms with van der Waals surface area (Å²) in [5.41, 5.74) is 2.39. The van der Waals surface area contributed by atoms with Crippen molar-refractivity contribution in [3.8, 4) is 11.5 Å². The molecule has 1 heterocycles. The number of allylic oxidation sites excluding steroid dienone is 1. The summed E-state index contributed by atoms with van der Waals surface area (Å²) in [6.07, 6.45) is 1.01. The van der Waals surface area contributed by atoms with E-state index in [1.807, 2.05) is 72.8 Å². The Kier molecular flexibility index (Phi) is 5.85. The third-order valence-corrected chi connectivity index (χ3v) is 5.59. The minimum Gasteiger partial charge on any atom is -0.452 e. The van der Waals surface area contributed by atoms with Crippen LogP contribution in [-0.2, 0) is 0 Å². The number of para-hydroxylation sites is 2. The molecule has 0 radical (unpaired) electrons. The predicted molar refractivity (Wildman–Crippen MR) is 132 cm³/mol. The zero-order valence-corrected chi connectivity index (χ0v) is 18.6. The highest BCUT2D eigenvalue weighted by atomic mass is 35.5. The van der Waals surface area contributed by atoms with E-state index in [0.717, 1.165) is 0 Å². The number of nitrogens with zero attached hydrogens (tertiary/aromatic N) is 1. The van der Waals surface area contributed by atoms with Crippen LogP contribution in [0.25, 0.3) is 6.08 Å². The van der Waals surface area contributed by atoms with Gasteiger partial charge in [0.15, 0.2) is 5.76 Å². The molecule has 0 aromatic heterocycles. The second kappa shape index (κ2) is 9.25. The van der Waals surface area contributed by atoms with Crippen LogP contribution < -0.4 is 14.4 Å². The number of benzene rings is 4. The van der Waals surface area contributed by atoms with Crippen molar-refractivity contribution < 1.29 is 19.1 Å².